The van der Waals surface area contributed by atoms with Gasteiger partial charge in [-0.15, -0.1) is 29.6 Å². The van der Waals surface area contributed by atoms with Gasteiger partial charge in [0.25, 0.3) is 0 Å². The second-order valence-electron chi connectivity index (χ2n) is 5.91. The van der Waals surface area contributed by atoms with E-state index >= 15 is 0 Å². The number of rotatable bonds is 5. The van der Waals surface area contributed by atoms with Gasteiger partial charge in [-0.1, -0.05) is 18.2 Å². The van der Waals surface area contributed by atoms with Gasteiger partial charge in [0.05, 0.1) is 0 Å². The van der Waals surface area contributed by atoms with Crippen LogP contribution in [0.3, 0.4) is 0 Å². The molecule has 4 aromatic rings. The molecule has 10 heteroatoms. The molecule has 0 amide bonds. The molecule has 0 unspecified atom stereocenters. The Morgan fingerprint density at radius 3 is 2.62 bits per heavy atom. The lowest BCUT2D eigenvalue weighted by molar-refractivity contribution is -0.274. The van der Waals surface area contributed by atoms with Gasteiger partial charge in [-0.2, -0.15) is 15.6 Å². The molecular weight excluding hydrogens is 405 g/mol. The molecule has 0 aliphatic rings. The zero-order valence-corrected chi connectivity index (χ0v) is 15.3. The molecule has 0 radical (unpaired) electrons. The highest BCUT2D eigenvalue weighted by Gasteiger charge is 2.31. The van der Waals surface area contributed by atoms with Crippen LogP contribution in [0.4, 0.5) is 13.2 Å². The van der Waals surface area contributed by atoms with Crippen molar-refractivity contribution in [2.75, 3.05) is 0 Å². The largest absolute Gasteiger partial charge is 0.573 e. The molecule has 0 spiro atoms. The van der Waals surface area contributed by atoms with Crippen molar-refractivity contribution < 1.29 is 22.6 Å². The number of benzene rings is 2. The van der Waals surface area contributed by atoms with Crippen molar-refractivity contribution in [3.05, 3.63) is 59.1 Å². The maximum absolute atomic E-state index is 12.7. The Bertz CT molecular complexity index is 1180. The van der Waals surface area contributed by atoms with Gasteiger partial charge in [-0.3, -0.25) is 0 Å². The predicted molar refractivity (Wildman–Crippen MR) is 99.4 cm³/mol. The fraction of sp³-hybridized carbons (Fsp3) is 0.105. The first-order valence-electron chi connectivity index (χ1n) is 8.23. The number of alkyl halides is 3. The molecule has 0 bridgehead atoms. The SMILES string of the molecule is N#Cc1n[nH]nc1-c1cc(OCc2cc3ccccc3s2)cc(OC(F)(F)F)c1. The number of aromatic amines is 1. The van der Waals surface area contributed by atoms with Crippen LogP contribution in [-0.2, 0) is 6.61 Å². The third-order valence-electron chi connectivity index (χ3n) is 3.90. The Hall–Kier alpha value is -3.58. The number of halogens is 3. The maximum atomic E-state index is 12.7. The van der Waals surface area contributed by atoms with E-state index in [4.69, 9.17) is 10.00 Å². The molecule has 6 nitrogen and oxygen atoms in total. The van der Waals surface area contributed by atoms with Crippen molar-refractivity contribution >= 4 is 21.4 Å². The van der Waals surface area contributed by atoms with Gasteiger partial charge in [-0.05, 0) is 29.7 Å². The van der Waals surface area contributed by atoms with Gasteiger partial charge < -0.3 is 9.47 Å². The highest BCUT2D eigenvalue weighted by atomic mass is 32.1. The zero-order valence-electron chi connectivity index (χ0n) is 14.5. The first-order chi connectivity index (χ1) is 13.9. The van der Waals surface area contributed by atoms with E-state index < -0.39 is 12.1 Å². The molecule has 2 aromatic carbocycles. The van der Waals surface area contributed by atoms with Gasteiger partial charge in [0.2, 0.25) is 0 Å². The summed E-state index contributed by atoms with van der Waals surface area (Å²) >= 11 is 1.53. The van der Waals surface area contributed by atoms with Crippen molar-refractivity contribution in [3.63, 3.8) is 0 Å². The zero-order chi connectivity index (χ0) is 20.4. The van der Waals surface area contributed by atoms with Crippen LogP contribution in [0, 0.1) is 11.3 Å². The molecule has 1 N–H and O–H groups in total. The average Bonchev–Trinajstić information content (AvgIpc) is 3.31. The van der Waals surface area contributed by atoms with Crippen molar-refractivity contribution in [3.8, 4) is 28.8 Å². The summed E-state index contributed by atoms with van der Waals surface area (Å²) < 4.78 is 49.0. The van der Waals surface area contributed by atoms with Gasteiger partial charge in [0.15, 0.2) is 5.69 Å². The third kappa shape index (κ3) is 4.30. The van der Waals surface area contributed by atoms with E-state index in [0.29, 0.717) is 0 Å². The Morgan fingerprint density at radius 2 is 1.86 bits per heavy atom. The van der Waals surface area contributed by atoms with E-state index in [1.807, 2.05) is 36.4 Å². The first-order valence-corrected chi connectivity index (χ1v) is 9.05. The Labute approximate surface area is 166 Å². The molecule has 0 saturated heterocycles. The first kappa shape index (κ1) is 18.8. The molecule has 2 aromatic heterocycles. The van der Waals surface area contributed by atoms with E-state index in [0.717, 1.165) is 27.1 Å². The van der Waals surface area contributed by atoms with E-state index in [1.165, 1.54) is 17.4 Å². The number of aromatic nitrogens is 3. The average molecular weight is 416 g/mol. The van der Waals surface area contributed by atoms with Crippen molar-refractivity contribution in [2.45, 2.75) is 13.0 Å². The maximum Gasteiger partial charge on any atom is 0.573 e. The van der Waals surface area contributed by atoms with Crippen LogP contribution in [0.1, 0.15) is 10.6 Å². The van der Waals surface area contributed by atoms with E-state index in [2.05, 4.69) is 20.1 Å². The normalized spacial score (nSPS) is 11.4. The minimum absolute atomic E-state index is 0.0513. The van der Waals surface area contributed by atoms with Gasteiger partial charge in [0, 0.05) is 21.2 Å². The fourth-order valence-electron chi connectivity index (χ4n) is 2.76. The number of fused-ring (bicyclic) bond motifs is 1. The summed E-state index contributed by atoms with van der Waals surface area (Å²) in [5.41, 5.74) is 0.264. The molecule has 0 atom stereocenters. The lowest BCUT2D eigenvalue weighted by Crippen LogP contribution is -2.17. The summed E-state index contributed by atoms with van der Waals surface area (Å²) in [4.78, 5) is 0.911. The number of ether oxygens (including phenoxy) is 2. The topological polar surface area (TPSA) is 83.8 Å². The number of nitrogens with zero attached hydrogens (tertiary/aromatic N) is 3. The molecule has 0 fully saturated rings. The monoisotopic (exact) mass is 416 g/mol. The van der Waals surface area contributed by atoms with E-state index in [9.17, 15) is 13.2 Å². The summed E-state index contributed by atoms with van der Waals surface area (Å²) in [5, 5.41) is 19.9. The molecule has 0 saturated carbocycles. The third-order valence-corrected chi connectivity index (χ3v) is 4.99. The Balaban J connectivity index is 1.65. The predicted octanol–water partition coefficient (Wildman–Crippen LogP) is 5.04. The second-order valence-corrected chi connectivity index (χ2v) is 7.08. The number of hydrogen-bond donors (Lipinski definition) is 1. The fourth-order valence-corrected chi connectivity index (χ4v) is 3.73. The molecule has 2 heterocycles. The summed E-state index contributed by atoms with van der Waals surface area (Å²) in [6.07, 6.45) is -4.87. The van der Waals surface area contributed by atoms with Crippen molar-refractivity contribution in [1.82, 2.24) is 15.4 Å². The van der Waals surface area contributed by atoms with E-state index in [1.54, 1.807) is 0 Å². The molecule has 146 valence electrons. The number of nitrogens with one attached hydrogen (secondary N) is 1. The number of thiophene rings is 1. The number of nitriles is 1. The van der Waals surface area contributed by atoms with Crippen molar-refractivity contribution in [1.29, 1.82) is 5.26 Å². The number of H-pyrrole nitrogens is 1. The molecule has 0 aliphatic carbocycles. The molecule has 4 rings (SSSR count). The van der Waals surface area contributed by atoms with Crippen LogP contribution in [0.15, 0.2) is 48.5 Å². The quantitative estimate of drug-likeness (QED) is 0.493. The summed E-state index contributed by atoms with van der Waals surface area (Å²) in [6.45, 7) is 0.165. The van der Waals surface area contributed by atoms with Crippen LogP contribution in [-0.4, -0.2) is 21.8 Å². The summed E-state index contributed by atoms with van der Waals surface area (Å²) in [5.74, 6) is -0.334. The van der Waals surface area contributed by atoms with Crippen LogP contribution in [0.5, 0.6) is 11.5 Å². The lowest BCUT2D eigenvalue weighted by atomic mass is 10.1. The highest BCUT2D eigenvalue weighted by molar-refractivity contribution is 7.19. The highest BCUT2D eigenvalue weighted by Crippen LogP contribution is 2.34. The summed E-state index contributed by atoms with van der Waals surface area (Å²) in [6, 6.07) is 15.3. The van der Waals surface area contributed by atoms with Crippen LogP contribution >= 0.6 is 11.3 Å². The van der Waals surface area contributed by atoms with Gasteiger partial charge >= 0.3 is 6.36 Å². The van der Waals surface area contributed by atoms with Crippen molar-refractivity contribution in [2.24, 2.45) is 0 Å². The van der Waals surface area contributed by atoms with Gasteiger partial charge in [-0.25, -0.2) is 0 Å². The van der Waals surface area contributed by atoms with Gasteiger partial charge in [0.1, 0.15) is 29.9 Å². The molecule has 0 aliphatic heterocycles. The van der Waals surface area contributed by atoms with Crippen LogP contribution in [0.2, 0.25) is 0 Å². The standard InChI is InChI=1S/C19H11F3N4O2S/c20-19(21,22)28-14-6-12(18-16(9-23)24-26-25-18)5-13(8-14)27-10-15-7-11-3-1-2-4-17(11)29-15/h1-8H,10H2,(H,24,25,26). The lowest BCUT2D eigenvalue weighted by Gasteiger charge is -2.12. The second kappa shape index (κ2) is 7.44. The number of hydrogen-bond acceptors (Lipinski definition) is 6. The minimum Gasteiger partial charge on any atom is -0.488 e. The van der Waals surface area contributed by atoms with Crippen LogP contribution < -0.4 is 9.47 Å². The summed E-state index contributed by atoms with van der Waals surface area (Å²) in [7, 11) is 0. The minimum atomic E-state index is -4.87. The van der Waals surface area contributed by atoms with Crippen LogP contribution in [0.25, 0.3) is 21.3 Å². The molecular formula is C19H11F3N4O2S. The smallest absolute Gasteiger partial charge is 0.488 e. The van der Waals surface area contributed by atoms with E-state index in [-0.39, 0.29) is 29.3 Å². The Kier molecular flexibility index (Phi) is 4.82. The Morgan fingerprint density at radius 1 is 1.07 bits per heavy atom. The molecule has 29 heavy (non-hydrogen) atoms.